The lowest BCUT2D eigenvalue weighted by Crippen LogP contribution is -2.52. The van der Waals surface area contributed by atoms with Crippen molar-refractivity contribution < 1.29 is 38.1 Å². The molecular weight excluding hydrogens is 807 g/mol. The lowest BCUT2D eigenvalue weighted by molar-refractivity contribution is -0.136. The van der Waals surface area contributed by atoms with E-state index in [9.17, 15) is 19.2 Å². The number of rotatable bonds is 23. The minimum absolute atomic E-state index is 0.181. The highest BCUT2D eigenvalue weighted by Gasteiger charge is 2.39. The minimum Gasteiger partial charge on any atom is -0.494 e. The Morgan fingerprint density at radius 3 is 2.49 bits per heavy atom. The number of hydrogen-bond donors (Lipinski definition) is 3. The molecule has 1 fully saturated rings. The molecule has 0 saturated carbocycles. The van der Waals surface area contributed by atoms with Gasteiger partial charge in [0, 0.05) is 62.8 Å². The van der Waals surface area contributed by atoms with Crippen LogP contribution in [0.25, 0.3) is 11.5 Å². The summed E-state index contributed by atoms with van der Waals surface area (Å²) >= 11 is 0. The molecule has 5 aromatic rings. The van der Waals surface area contributed by atoms with E-state index in [1.165, 1.54) is 11.2 Å². The van der Waals surface area contributed by atoms with Gasteiger partial charge in [-0.2, -0.15) is 0 Å². The van der Waals surface area contributed by atoms with Gasteiger partial charge in [0.05, 0.1) is 25.8 Å². The van der Waals surface area contributed by atoms with Crippen molar-refractivity contribution in [3.63, 3.8) is 0 Å². The van der Waals surface area contributed by atoms with E-state index >= 15 is 0 Å². The highest BCUT2D eigenvalue weighted by Crippen LogP contribution is 2.30. The fourth-order valence-corrected chi connectivity index (χ4v) is 7.35. The second-order valence-electron chi connectivity index (χ2n) is 15.4. The minimum atomic E-state index is -0.642. The molecule has 0 aliphatic carbocycles. The molecule has 1 saturated heterocycles. The van der Waals surface area contributed by atoms with Gasteiger partial charge >= 0.3 is 0 Å². The van der Waals surface area contributed by atoms with Crippen LogP contribution < -0.4 is 25.4 Å². The van der Waals surface area contributed by atoms with Crippen LogP contribution in [0.15, 0.2) is 85.3 Å². The molecule has 3 aromatic carbocycles. The van der Waals surface area contributed by atoms with Crippen LogP contribution in [0.2, 0.25) is 0 Å². The zero-order valence-corrected chi connectivity index (χ0v) is 35.6. The molecule has 4 heterocycles. The van der Waals surface area contributed by atoms with Crippen molar-refractivity contribution in [1.29, 1.82) is 0 Å². The average Bonchev–Trinajstić information content (AvgIpc) is 3.83. The molecule has 2 aromatic heterocycles. The lowest BCUT2D eigenvalue weighted by atomic mass is 10.0. The Morgan fingerprint density at radius 2 is 1.65 bits per heavy atom. The number of piperidine rings is 1. The van der Waals surface area contributed by atoms with Crippen molar-refractivity contribution in [2.75, 3.05) is 45.0 Å². The van der Waals surface area contributed by atoms with Crippen LogP contribution in [-0.4, -0.2) is 98.9 Å². The van der Waals surface area contributed by atoms with E-state index in [1.807, 2.05) is 67.1 Å². The zero-order chi connectivity index (χ0) is 44.0. The van der Waals surface area contributed by atoms with Gasteiger partial charge in [-0.25, -0.2) is 9.97 Å². The topological polar surface area (TPSA) is 201 Å². The number of ether oxygens (including phenoxy) is 4. The Morgan fingerprint density at radius 1 is 0.857 bits per heavy atom. The number of fused-ring (bicyclic) bond motifs is 1. The maximum atomic E-state index is 13.2. The summed E-state index contributed by atoms with van der Waals surface area (Å²) in [6.45, 7) is 5.88. The summed E-state index contributed by atoms with van der Waals surface area (Å²) in [5.74, 6) is 1.63. The monoisotopic (exact) mass is 859 g/mol. The maximum absolute atomic E-state index is 13.2. The largest absolute Gasteiger partial charge is 0.494 e. The first-order valence-corrected chi connectivity index (χ1v) is 21.3. The Hall–Kier alpha value is -6.72. The Bertz CT molecular complexity index is 2360. The first-order valence-electron chi connectivity index (χ1n) is 21.3. The van der Waals surface area contributed by atoms with Gasteiger partial charge in [-0.15, -0.1) is 10.2 Å². The van der Waals surface area contributed by atoms with Gasteiger partial charge in [-0.05, 0) is 105 Å². The number of carbonyl (C=O) groups excluding carboxylic acids is 4. The predicted octanol–water partition coefficient (Wildman–Crippen LogP) is 5.19. The smallest absolute Gasteiger partial charge is 0.255 e. The third-order valence-corrected chi connectivity index (χ3v) is 10.8. The van der Waals surface area contributed by atoms with Gasteiger partial charge in [0.1, 0.15) is 36.2 Å². The van der Waals surface area contributed by atoms with Crippen molar-refractivity contribution in [3.8, 4) is 23.0 Å². The van der Waals surface area contributed by atoms with E-state index in [2.05, 4.69) is 36.1 Å². The van der Waals surface area contributed by atoms with Crippen molar-refractivity contribution in [3.05, 3.63) is 113 Å². The quantitative estimate of drug-likeness (QED) is 0.0573. The van der Waals surface area contributed by atoms with Crippen LogP contribution in [0.1, 0.15) is 89.2 Å². The summed E-state index contributed by atoms with van der Waals surface area (Å²) in [4.78, 5) is 59.6. The molecule has 0 radical (unpaired) electrons. The van der Waals surface area contributed by atoms with Gasteiger partial charge in [0.2, 0.25) is 11.8 Å². The average molecular weight is 860 g/mol. The Balaban J connectivity index is 0.712. The number of nitrogens with zero attached hydrogens (tertiary/aromatic N) is 6. The van der Waals surface area contributed by atoms with Crippen LogP contribution in [-0.2, 0) is 39.2 Å². The molecule has 0 bridgehead atoms. The second kappa shape index (κ2) is 21.9. The summed E-state index contributed by atoms with van der Waals surface area (Å²) in [6.07, 6.45) is 7.26. The van der Waals surface area contributed by atoms with Crippen molar-refractivity contribution in [2.24, 2.45) is 7.05 Å². The molecule has 17 nitrogen and oxygen atoms in total. The number of anilines is 1. The van der Waals surface area contributed by atoms with Gasteiger partial charge < -0.3 is 39.0 Å². The van der Waals surface area contributed by atoms with E-state index in [0.29, 0.717) is 87.5 Å². The molecule has 330 valence electrons. The molecular formula is C46H53N9O8. The maximum Gasteiger partial charge on any atom is 0.255 e. The lowest BCUT2D eigenvalue weighted by Gasteiger charge is -2.29. The van der Waals surface area contributed by atoms with E-state index in [0.717, 1.165) is 54.1 Å². The van der Waals surface area contributed by atoms with Gasteiger partial charge in [-0.3, -0.25) is 24.5 Å². The summed E-state index contributed by atoms with van der Waals surface area (Å²) in [5, 5.41) is 17.3. The highest BCUT2D eigenvalue weighted by atomic mass is 16.5. The number of benzene rings is 3. The van der Waals surface area contributed by atoms with Crippen LogP contribution in [0.5, 0.6) is 11.5 Å². The van der Waals surface area contributed by atoms with Gasteiger partial charge in [0.15, 0.2) is 11.6 Å². The van der Waals surface area contributed by atoms with E-state index in [1.54, 1.807) is 30.5 Å². The van der Waals surface area contributed by atoms with Crippen LogP contribution >= 0.6 is 0 Å². The number of amides is 4. The molecule has 7 rings (SSSR count). The number of unbranched alkanes of at least 4 members (excludes halogenated alkanes) is 2. The second-order valence-corrected chi connectivity index (χ2v) is 15.4. The van der Waals surface area contributed by atoms with Crippen LogP contribution in [0.4, 0.5) is 5.69 Å². The molecule has 2 atom stereocenters. The predicted molar refractivity (Wildman–Crippen MR) is 232 cm³/mol. The van der Waals surface area contributed by atoms with Crippen LogP contribution in [0.3, 0.4) is 0 Å². The number of nitrogens with one attached hydrogen (secondary N) is 3. The summed E-state index contributed by atoms with van der Waals surface area (Å²) < 4.78 is 25.2. The zero-order valence-electron chi connectivity index (χ0n) is 35.6. The number of imide groups is 1. The molecule has 2 unspecified atom stereocenters. The Labute approximate surface area is 365 Å². The van der Waals surface area contributed by atoms with Gasteiger partial charge in [-0.1, -0.05) is 18.2 Å². The summed E-state index contributed by atoms with van der Waals surface area (Å²) in [6, 6.07) is 21.3. The molecule has 2 aliphatic heterocycles. The fraction of sp³-hybridized carbons (Fsp3) is 0.391. The van der Waals surface area contributed by atoms with Crippen molar-refractivity contribution in [1.82, 2.24) is 40.3 Å². The highest BCUT2D eigenvalue weighted by molar-refractivity contribution is 6.05. The van der Waals surface area contributed by atoms with Crippen molar-refractivity contribution in [2.45, 2.75) is 70.6 Å². The molecule has 2 aliphatic rings. The summed E-state index contributed by atoms with van der Waals surface area (Å²) in [5.41, 5.74) is 4.30. The van der Waals surface area contributed by atoms with E-state index < -0.39 is 11.9 Å². The molecule has 4 amide bonds. The van der Waals surface area contributed by atoms with E-state index in [4.69, 9.17) is 18.9 Å². The van der Waals surface area contributed by atoms with Gasteiger partial charge in [0.25, 0.3) is 11.8 Å². The van der Waals surface area contributed by atoms with E-state index in [-0.39, 0.29) is 30.2 Å². The first-order chi connectivity index (χ1) is 30.7. The number of hydrogen-bond acceptors (Lipinski definition) is 13. The third-order valence-electron chi connectivity index (χ3n) is 10.8. The SMILES string of the molecule is CC(NC(=O)c1cccc(NCc2nnc(-c3ccncn3)n2C)c1)c1cccc(OCCCCCOCCCOCCOc2ccc3c(c2)CN(C2CCC(=O)NC2=O)C3=O)c1. The summed E-state index contributed by atoms with van der Waals surface area (Å²) in [7, 11) is 1.88. The third kappa shape index (κ3) is 12.0. The molecule has 3 N–H and O–H groups in total. The van der Waals surface area contributed by atoms with Crippen molar-refractivity contribution >= 4 is 29.3 Å². The fourth-order valence-electron chi connectivity index (χ4n) is 7.35. The number of carbonyl (C=O) groups is 4. The Kier molecular flexibility index (Phi) is 15.4. The first kappa shape index (κ1) is 44.3. The molecule has 17 heteroatoms. The standard InChI is InChI=1S/C46H53N9O8/c1-31(50-44(57)33-10-6-11-35(25-33)48-28-41-52-53-43(54(41)2)39-17-18-47-30-49-39)32-9-7-12-36(26-32)62-22-5-3-4-19-60-20-8-21-61-23-24-63-37-13-14-38-34(27-37)29-55(46(38)59)40-15-16-42(56)51-45(40)58/h6-7,9-14,17-18,25-27,30-31,40,48H,3-5,8,15-16,19-24,28-29H2,1-2H3,(H,50,57)(H,51,56,58). The van der Waals surface area contributed by atoms with Crippen LogP contribution in [0, 0.1) is 0 Å². The number of aromatic nitrogens is 5. The molecule has 0 spiro atoms. The normalized spacial score (nSPS) is 15.2. The molecule has 63 heavy (non-hydrogen) atoms.